The van der Waals surface area contributed by atoms with Crippen molar-refractivity contribution in [3.8, 4) is 0 Å². The number of carbonyl (C=O) groups excluding carboxylic acids is 2. The highest BCUT2D eigenvalue weighted by atomic mass is 31.2. The van der Waals surface area contributed by atoms with Gasteiger partial charge in [-0.05, 0) is 70.9 Å². The highest BCUT2D eigenvalue weighted by Crippen LogP contribution is 2.48. The number of benzene rings is 1. The molecular weight excluding hydrogens is 467 g/mol. The third-order valence-corrected chi connectivity index (χ3v) is 7.31. The van der Waals surface area contributed by atoms with E-state index in [1.54, 1.807) is 19.9 Å². The van der Waals surface area contributed by atoms with Gasteiger partial charge in [-0.15, -0.1) is 0 Å². The summed E-state index contributed by atoms with van der Waals surface area (Å²) < 4.78 is 35.4. The monoisotopic (exact) mass is 508 g/mol. The molecule has 0 saturated carbocycles. The van der Waals surface area contributed by atoms with Crippen LogP contribution < -0.4 is 5.30 Å². The number of hydrogen-bond acceptors (Lipinski definition) is 7. The van der Waals surface area contributed by atoms with Gasteiger partial charge in [0.15, 0.2) is 0 Å². The smallest absolute Gasteiger partial charge is 0.361 e. The van der Waals surface area contributed by atoms with Crippen LogP contribution in [0.5, 0.6) is 0 Å². The number of rotatable bonds is 19. The molecule has 0 atom stereocenters. The summed E-state index contributed by atoms with van der Waals surface area (Å²) in [5.41, 5.74) is 1.67. The maximum Gasteiger partial charge on any atom is 0.361 e. The molecule has 0 aliphatic carbocycles. The van der Waals surface area contributed by atoms with Gasteiger partial charge in [0, 0.05) is 11.1 Å². The molecule has 0 spiro atoms. The standard InChI is InChI=1S/C27H41O7P/c1-22(2)26(28)31-18-12-6-8-14-20-33-35(30,25-17-11-10-16-24(25)5)34-21-15-9-7-13-19-32-27(29)23(3)4/h10-11,16-17H,1,3,6-9,12-15,18-21H2,2,4-5H3. The third kappa shape index (κ3) is 12.9. The van der Waals surface area contributed by atoms with Gasteiger partial charge < -0.3 is 18.5 Å². The summed E-state index contributed by atoms with van der Waals surface area (Å²) in [4.78, 5) is 22.7. The van der Waals surface area contributed by atoms with Crippen molar-refractivity contribution in [2.24, 2.45) is 0 Å². The first-order valence-electron chi connectivity index (χ1n) is 12.3. The predicted octanol–water partition coefficient (Wildman–Crippen LogP) is 6.21. The molecular formula is C27H41O7P. The van der Waals surface area contributed by atoms with Crippen LogP contribution in [0.25, 0.3) is 0 Å². The molecule has 0 bridgehead atoms. The number of ether oxygens (including phenoxy) is 2. The summed E-state index contributed by atoms with van der Waals surface area (Å²) in [6.45, 7) is 13.6. The Balaban J connectivity index is 2.38. The highest BCUT2D eigenvalue weighted by Gasteiger charge is 2.29. The summed E-state index contributed by atoms with van der Waals surface area (Å²) in [6.07, 6.45) is 6.48. The molecule has 0 radical (unpaired) electrons. The number of unbranched alkanes of at least 4 members (excludes halogenated alkanes) is 6. The van der Waals surface area contributed by atoms with Crippen LogP contribution >= 0.6 is 7.60 Å². The topological polar surface area (TPSA) is 88.1 Å². The first-order chi connectivity index (χ1) is 16.7. The first-order valence-corrected chi connectivity index (χ1v) is 13.8. The second-order valence-electron chi connectivity index (χ2n) is 8.61. The molecule has 0 heterocycles. The first kappa shape index (κ1) is 30.8. The summed E-state index contributed by atoms with van der Waals surface area (Å²) in [6, 6.07) is 7.42. The maximum absolute atomic E-state index is 13.6. The van der Waals surface area contributed by atoms with Gasteiger partial charge in [0.05, 0.1) is 31.7 Å². The second kappa shape index (κ2) is 17.3. The van der Waals surface area contributed by atoms with Gasteiger partial charge in [-0.1, -0.05) is 44.2 Å². The molecule has 0 N–H and O–H groups in total. The zero-order chi connectivity index (χ0) is 26.1. The lowest BCUT2D eigenvalue weighted by molar-refractivity contribution is -0.139. The van der Waals surface area contributed by atoms with Gasteiger partial charge in [0.2, 0.25) is 0 Å². The average Bonchev–Trinajstić information content (AvgIpc) is 2.82. The number of hydrogen-bond donors (Lipinski definition) is 0. The van der Waals surface area contributed by atoms with Crippen molar-refractivity contribution >= 4 is 24.8 Å². The van der Waals surface area contributed by atoms with E-state index in [9.17, 15) is 14.2 Å². The Kier molecular flexibility index (Phi) is 15.2. The van der Waals surface area contributed by atoms with Crippen LogP contribution in [0.2, 0.25) is 0 Å². The lowest BCUT2D eigenvalue weighted by Crippen LogP contribution is -2.14. The van der Waals surface area contributed by atoms with Crippen LogP contribution in [0.1, 0.15) is 70.8 Å². The summed E-state index contributed by atoms with van der Waals surface area (Å²) in [7, 11) is -3.44. The fourth-order valence-corrected chi connectivity index (χ4v) is 4.97. The van der Waals surface area contributed by atoms with Crippen LogP contribution in [-0.4, -0.2) is 38.4 Å². The Morgan fingerprint density at radius 3 is 1.51 bits per heavy atom. The molecule has 0 aromatic heterocycles. The Morgan fingerprint density at radius 1 is 0.714 bits per heavy atom. The Morgan fingerprint density at radius 2 is 1.11 bits per heavy atom. The summed E-state index contributed by atoms with van der Waals surface area (Å²) in [5, 5.41) is 0.596. The van der Waals surface area contributed by atoms with Crippen molar-refractivity contribution in [3.63, 3.8) is 0 Å². The lowest BCUT2D eigenvalue weighted by Gasteiger charge is -2.20. The normalized spacial score (nSPS) is 11.2. The Labute approximate surface area is 210 Å². The predicted molar refractivity (Wildman–Crippen MR) is 139 cm³/mol. The van der Waals surface area contributed by atoms with Crippen molar-refractivity contribution in [2.45, 2.75) is 72.1 Å². The maximum atomic E-state index is 13.6. The van der Waals surface area contributed by atoms with Crippen molar-refractivity contribution < 1.29 is 32.7 Å². The van der Waals surface area contributed by atoms with E-state index in [0.717, 1.165) is 56.9 Å². The highest BCUT2D eigenvalue weighted by molar-refractivity contribution is 7.62. The quantitative estimate of drug-likeness (QED) is 0.0950. The van der Waals surface area contributed by atoms with Crippen molar-refractivity contribution in [1.29, 1.82) is 0 Å². The van der Waals surface area contributed by atoms with Crippen LogP contribution in [0.15, 0.2) is 48.6 Å². The second-order valence-corrected chi connectivity index (χ2v) is 10.6. The molecule has 7 nitrogen and oxygen atoms in total. The average molecular weight is 509 g/mol. The van der Waals surface area contributed by atoms with Gasteiger partial charge in [0.1, 0.15) is 0 Å². The zero-order valence-electron chi connectivity index (χ0n) is 21.5. The molecule has 196 valence electrons. The van der Waals surface area contributed by atoms with E-state index in [4.69, 9.17) is 18.5 Å². The minimum Gasteiger partial charge on any atom is -0.462 e. The van der Waals surface area contributed by atoms with E-state index < -0.39 is 7.60 Å². The van der Waals surface area contributed by atoms with Crippen molar-refractivity contribution in [1.82, 2.24) is 0 Å². The molecule has 8 heteroatoms. The Hall–Kier alpha value is -2.21. The molecule has 0 aliphatic heterocycles. The molecule has 0 unspecified atom stereocenters. The van der Waals surface area contributed by atoms with Gasteiger partial charge in [-0.3, -0.25) is 4.57 Å². The minimum atomic E-state index is -3.44. The van der Waals surface area contributed by atoms with Crippen LogP contribution in [0.3, 0.4) is 0 Å². The van der Waals surface area contributed by atoms with Crippen LogP contribution in [0.4, 0.5) is 0 Å². The summed E-state index contributed by atoms with van der Waals surface area (Å²) >= 11 is 0. The number of esters is 2. The Bertz CT molecular complexity index is 832. The van der Waals surface area contributed by atoms with E-state index >= 15 is 0 Å². The molecule has 35 heavy (non-hydrogen) atoms. The lowest BCUT2D eigenvalue weighted by atomic mass is 10.2. The molecule has 0 fully saturated rings. The van der Waals surface area contributed by atoms with Crippen LogP contribution in [-0.2, 0) is 32.7 Å². The number of aryl methyl sites for hydroxylation is 1. The van der Waals surface area contributed by atoms with E-state index in [-0.39, 0.29) is 11.9 Å². The molecule has 0 saturated heterocycles. The van der Waals surface area contributed by atoms with Gasteiger partial charge in [0.25, 0.3) is 0 Å². The molecule has 0 amide bonds. The largest absolute Gasteiger partial charge is 0.462 e. The molecule has 1 rings (SSSR count). The van der Waals surface area contributed by atoms with Crippen LogP contribution in [0, 0.1) is 6.92 Å². The van der Waals surface area contributed by atoms with Gasteiger partial charge in [-0.2, -0.15) is 0 Å². The molecule has 1 aromatic rings. The fraction of sp³-hybridized carbons (Fsp3) is 0.556. The SMILES string of the molecule is C=C(C)C(=O)OCCCCCCOP(=O)(OCCCCCCOC(=O)C(=C)C)c1ccccc1C. The van der Waals surface area contributed by atoms with E-state index in [1.807, 2.05) is 25.1 Å². The van der Waals surface area contributed by atoms with Crippen molar-refractivity contribution in [2.75, 3.05) is 26.4 Å². The van der Waals surface area contributed by atoms with Crippen molar-refractivity contribution in [3.05, 3.63) is 54.1 Å². The number of carbonyl (C=O) groups is 2. The van der Waals surface area contributed by atoms with E-state index in [1.165, 1.54) is 0 Å². The van der Waals surface area contributed by atoms with Gasteiger partial charge >= 0.3 is 19.5 Å². The molecule has 0 aliphatic rings. The third-order valence-electron chi connectivity index (χ3n) is 5.17. The summed E-state index contributed by atoms with van der Waals surface area (Å²) in [5.74, 6) is -0.730. The van der Waals surface area contributed by atoms with E-state index in [0.29, 0.717) is 42.9 Å². The van der Waals surface area contributed by atoms with Gasteiger partial charge in [-0.25, -0.2) is 9.59 Å². The molecule has 1 aromatic carbocycles. The minimum absolute atomic E-state index is 0.325. The van der Waals surface area contributed by atoms with E-state index in [2.05, 4.69) is 13.2 Å². The zero-order valence-corrected chi connectivity index (χ0v) is 22.4. The fourth-order valence-electron chi connectivity index (χ4n) is 3.11.